The summed E-state index contributed by atoms with van der Waals surface area (Å²) in [5, 5.41) is 3.75. The van der Waals surface area contributed by atoms with Gasteiger partial charge in [-0.25, -0.2) is 0 Å². The standard InChI is InChI=1S/C15H29N3/c1-12-11-17(2)7-8-18(12)6-5-13-9-14-3-4-15(10-13)16-14/h12-16H,3-11H2,1-2H3. The molecule has 0 aromatic heterocycles. The predicted molar refractivity (Wildman–Crippen MR) is 75.8 cm³/mol. The molecule has 3 aliphatic rings. The summed E-state index contributed by atoms with van der Waals surface area (Å²) in [5.41, 5.74) is 0. The monoisotopic (exact) mass is 251 g/mol. The number of fused-ring (bicyclic) bond motifs is 2. The average Bonchev–Trinajstić information content (AvgIpc) is 2.68. The fourth-order valence-electron chi connectivity index (χ4n) is 4.27. The Hall–Kier alpha value is -0.120. The molecule has 3 unspecified atom stereocenters. The van der Waals surface area contributed by atoms with Crippen LogP contribution < -0.4 is 5.32 Å². The highest BCUT2D eigenvalue weighted by molar-refractivity contribution is 4.92. The molecule has 3 heterocycles. The third kappa shape index (κ3) is 2.89. The fourth-order valence-corrected chi connectivity index (χ4v) is 4.27. The second kappa shape index (κ2) is 5.48. The van der Waals surface area contributed by atoms with Gasteiger partial charge >= 0.3 is 0 Å². The van der Waals surface area contributed by atoms with Crippen molar-refractivity contribution in [2.24, 2.45) is 5.92 Å². The van der Waals surface area contributed by atoms with Crippen LogP contribution >= 0.6 is 0 Å². The largest absolute Gasteiger partial charge is 0.311 e. The molecule has 0 spiro atoms. The van der Waals surface area contributed by atoms with Gasteiger partial charge in [-0.2, -0.15) is 0 Å². The van der Waals surface area contributed by atoms with E-state index in [-0.39, 0.29) is 0 Å². The summed E-state index contributed by atoms with van der Waals surface area (Å²) in [5.74, 6) is 0.996. The lowest BCUT2D eigenvalue weighted by molar-refractivity contribution is 0.0908. The van der Waals surface area contributed by atoms with Gasteiger partial charge in [0, 0.05) is 37.8 Å². The minimum absolute atomic E-state index is 0.752. The molecule has 3 saturated heterocycles. The van der Waals surface area contributed by atoms with E-state index in [1.807, 2.05) is 0 Å². The highest BCUT2D eigenvalue weighted by atomic mass is 15.3. The molecule has 18 heavy (non-hydrogen) atoms. The van der Waals surface area contributed by atoms with E-state index in [0.717, 1.165) is 24.0 Å². The van der Waals surface area contributed by atoms with Crippen molar-refractivity contribution in [2.75, 3.05) is 33.2 Å². The smallest absolute Gasteiger partial charge is 0.0195 e. The maximum absolute atomic E-state index is 3.75. The summed E-state index contributed by atoms with van der Waals surface area (Å²) in [6, 6.07) is 2.47. The van der Waals surface area contributed by atoms with E-state index in [9.17, 15) is 0 Å². The number of piperidine rings is 1. The number of hydrogen-bond acceptors (Lipinski definition) is 3. The first-order valence-corrected chi connectivity index (χ1v) is 7.89. The Morgan fingerprint density at radius 3 is 2.50 bits per heavy atom. The van der Waals surface area contributed by atoms with Crippen LogP contribution in [0.4, 0.5) is 0 Å². The van der Waals surface area contributed by atoms with Gasteiger partial charge in [0.1, 0.15) is 0 Å². The van der Waals surface area contributed by atoms with Crippen LogP contribution in [-0.2, 0) is 0 Å². The van der Waals surface area contributed by atoms with E-state index in [4.69, 9.17) is 0 Å². The molecular formula is C15H29N3. The third-order valence-electron chi connectivity index (χ3n) is 5.36. The summed E-state index contributed by atoms with van der Waals surface area (Å²) < 4.78 is 0. The Labute approximate surface area is 112 Å². The molecule has 3 heteroatoms. The van der Waals surface area contributed by atoms with Gasteiger partial charge in [0.2, 0.25) is 0 Å². The van der Waals surface area contributed by atoms with Crippen molar-refractivity contribution in [3.63, 3.8) is 0 Å². The molecule has 0 aliphatic carbocycles. The Bertz CT molecular complexity index is 269. The molecule has 0 aromatic rings. The molecule has 2 bridgehead atoms. The van der Waals surface area contributed by atoms with Crippen LogP contribution in [0.5, 0.6) is 0 Å². The van der Waals surface area contributed by atoms with Gasteiger partial charge in [0.25, 0.3) is 0 Å². The van der Waals surface area contributed by atoms with Crippen LogP contribution in [0, 0.1) is 5.92 Å². The summed E-state index contributed by atoms with van der Waals surface area (Å²) in [7, 11) is 2.25. The van der Waals surface area contributed by atoms with Gasteiger partial charge in [0.05, 0.1) is 0 Å². The van der Waals surface area contributed by atoms with Gasteiger partial charge in [-0.3, -0.25) is 4.90 Å². The highest BCUT2D eigenvalue weighted by Gasteiger charge is 2.33. The van der Waals surface area contributed by atoms with E-state index >= 15 is 0 Å². The van der Waals surface area contributed by atoms with E-state index in [1.54, 1.807) is 0 Å². The Kier molecular flexibility index (Phi) is 3.92. The van der Waals surface area contributed by atoms with E-state index in [2.05, 4.69) is 29.1 Å². The van der Waals surface area contributed by atoms with Crippen molar-refractivity contribution in [3.8, 4) is 0 Å². The van der Waals surface area contributed by atoms with Crippen molar-refractivity contribution in [1.82, 2.24) is 15.1 Å². The second-order valence-electron chi connectivity index (χ2n) is 6.91. The Morgan fingerprint density at radius 1 is 1.11 bits per heavy atom. The molecule has 1 N–H and O–H groups in total. The van der Waals surface area contributed by atoms with Crippen molar-refractivity contribution < 1.29 is 0 Å². The lowest BCUT2D eigenvalue weighted by Crippen LogP contribution is -2.51. The quantitative estimate of drug-likeness (QED) is 0.821. The van der Waals surface area contributed by atoms with Gasteiger partial charge < -0.3 is 10.2 Å². The van der Waals surface area contributed by atoms with E-state index in [0.29, 0.717) is 0 Å². The Morgan fingerprint density at radius 2 is 1.83 bits per heavy atom. The molecule has 3 atom stereocenters. The van der Waals surface area contributed by atoms with Crippen LogP contribution in [0.15, 0.2) is 0 Å². The zero-order chi connectivity index (χ0) is 12.5. The SMILES string of the molecule is CC1CN(C)CCN1CCC1CC2CCC(C1)N2. The molecule has 104 valence electrons. The van der Waals surface area contributed by atoms with Crippen molar-refractivity contribution in [2.45, 2.75) is 57.2 Å². The molecule has 3 fully saturated rings. The maximum atomic E-state index is 3.75. The first kappa shape index (κ1) is 12.9. The fraction of sp³-hybridized carbons (Fsp3) is 1.00. The number of nitrogens with zero attached hydrogens (tertiary/aromatic N) is 2. The highest BCUT2D eigenvalue weighted by Crippen LogP contribution is 2.32. The molecule has 3 nitrogen and oxygen atoms in total. The zero-order valence-electron chi connectivity index (χ0n) is 12.1. The lowest BCUT2D eigenvalue weighted by Gasteiger charge is -2.39. The van der Waals surface area contributed by atoms with Gasteiger partial charge in [-0.1, -0.05) is 0 Å². The number of rotatable bonds is 3. The first-order valence-electron chi connectivity index (χ1n) is 7.89. The average molecular weight is 251 g/mol. The molecule has 0 amide bonds. The summed E-state index contributed by atoms with van der Waals surface area (Å²) in [6.45, 7) is 7.50. The number of nitrogens with one attached hydrogen (secondary N) is 1. The van der Waals surface area contributed by atoms with Crippen LogP contribution in [0.25, 0.3) is 0 Å². The van der Waals surface area contributed by atoms with Crippen LogP contribution in [0.3, 0.4) is 0 Å². The predicted octanol–water partition coefficient (Wildman–Crippen LogP) is 1.54. The van der Waals surface area contributed by atoms with Gasteiger partial charge in [-0.05, 0) is 58.5 Å². The molecular weight excluding hydrogens is 222 g/mol. The number of likely N-dealkylation sites (N-methyl/N-ethyl adjacent to an activating group) is 1. The van der Waals surface area contributed by atoms with Crippen LogP contribution in [-0.4, -0.2) is 61.2 Å². The first-order chi connectivity index (χ1) is 8.70. The van der Waals surface area contributed by atoms with Crippen LogP contribution in [0.2, 0.25) is 0 Å². The zero-order valence-corrected chi connectivity index (χ0v) is 12.1. The molecule has 0 saturated carbocycles. The number of piperazine rings is 1. The molecule has 0 aromatic carbocycles. The normalized spacial score (nSPS) is 42.3. The maximum Gasteiger partial charge on any atom is 0.0195 e. The van der Waals surface area contributed by atoms with Crippen molar-refractivity contribution >= 4 is 0 Å². The lowest BCUT2D eigenvalue weighted by atomic mass is 9.89. The number of hydrogen-bond donors (Lipinski definition) is 1. The van der Waals surface area contributed by atoms with Crippen molar-refractivity contribution in [3.05, 3.63) is 0 Å². The topological polar surface area (TPSA) is 18.5 Å². The summed E-state index contributed by atoms with van der Waals surface area (Å²) >= 11 is 0. The van der Waals surface area contributed by atoms with E-state index < -0.39 is 0 Å². The van der Waals surface area contributed by atoms with Gasteiger partial charge in [0.15, 0.2) is 0 Å². The summed E-state index contributed by atoms with van der Waals surface area (Å²) in [6.07, 6.45) is 7.19. The Balaban J connectivity index is 1.44. The minimum Gasteiger partial charge on any atom is -0.311 e. The molecule has 3 rings (SSSR count). The molecule has 3 aliphatic heterocycles. The minimum atomic E-state index is 0.752. The van der Waals surface area contributed by atoms with Gasteiger partial charge in [-0.15, -0.1) is 0 Å². The van der Waals surface area contributed by atoms with Crippen LogP contribution in [0.1, 0.15) is 39.0 Å². The van der Waals surface area contributed by atoms with Crippen molar-refractivity contribution in [1.29, 1.82) is 0 Å². The van der Waals surface area contributed by atoms with E-state index in [1.165, 1.54) is 58.3 Å². The molecule has 0 radical (unpaired) electrons. The summed E-state index contributed by atoms with van der Waals surface area (Å²) in [4.78, 5) is 5.18. The second-order valence-corrected chi connectivity index (χ2v) is 6.91. The third-order valence-corrected chi connectivity index (χ3v) is 5.36.